The highest BCUT2D eigenvalue weighted by Crippen LogP contribution is 2.34. The fraction of sp³-hybridized carbons (Fsp3) is 0.348. The molecule has 1 aromatic heterocycles. The van der Waals surface area contributed by atoms with Crippen molar-refractivity contribution >= 4 is 5.69 Å². The van der Waals surface area contributed by atoms with Gasteiger partial charge < -0.3 is 19.4 Å². The lowest BCUT2D eigenvalue weighted by Crippen LogP contribution is -2.42. The maximum absolute atomic E-state index is 5.50. The fourth-order valence-corrected chi connectivity index (χ4v) is 4.20. The number of aromatic nitrogens is 2. The van der Waals surface area contributed by atoms with Gasteiger partial charge in [0, 0.05) is 42.4 Å². The van der Waals surface area contributed by atoms with Crippen molar-refractivity contribution < 1.29 is 9.47 Å². The van der Waals surface area contributed by atoms with Gasteiger partial charge in [-0.05, 0) is 56.1 Å². The molecule has 29 heavy (non-hydrogen) atoms. The molecule has 2 aliphatic heterocycles. The molecule has 0 aliphatic carbocycles. The van der Waals surface area contributed by atoms with Crippen molar-refractivity contribution in [3.63, 3.8) is 0 Å². The number of imidazole rings is 1. The Morgan fingerprint density at radius 1 is 1.14 bits per heavy atom. The summed E-state index contributed by atoms with van der Waals surface area (Å²) in [5, 5.41) is 3.67. The van der Waals surface area contributed by atoms with Crippen LogP contribution in [-0.2, 0) is 6.54 Å². The number of aryl methyl sites for hydroxylation is 1. The molecule has 5 rings (SSSR count). The van der Waals surface area contributed by atoms with Gasteiger partial charge in [-0.2, -0.15) is 0 Å². The van der Waals surface area contributed by atoms with Gasteiger partial charge in [-0.15, -0.1) is 0 Å². The van der Waals surface area contributed by atoms with E-state index >= 15 is 0 Å². The Bertz CT molecular complexity index is 1000. The third-order valence-corrected chi connectivity index (χ3v) is 5.61. The number of nitrogens with one attached hydrogen (secondary N) is 1. The number of nitrogens with zero attached hydrogens (tertiary/aromatic N) is 3. The first kappa shape index (κ1) is 18.1. The summed E-state index contributed by atoms with van der Waals surface area (Å²) in [6.45, 7) is 5.37. The van der Waals surface area contributed by atoms with Crippen LogP contribution in [0, 0.1) is 6.92 Å². The van der Waals surface area contributed by atoms with Crippen LogP contribution >= 0.6 is 0 Å². The van der Waals surface area contributed by atoms with Gasteiger partial charge >= 0.3 is 0 Å². The summed E-state index contributed by atoms with van der Waals surface area (Å²) in [6.07, 6.45) is 6.28. The van der Waals surface area contributed by atoms with E-state index in [1.165, 1.54) is 17.7 Å². The second-order valence-corrected chi connectivity index (χ2v) is 7.84. The van der Waals surface area contributed by atoms with Gasteiger partial charge in [0.05, 0.1) is 6.54 Å². The predicted octanol–water partition coefficient (Wildman–Crippen LogP) is 3.99. The first-order chi connectivity index (χ1) is 14.2. The van der Waals surface area contributed by atoms with Crippen LogP contribution in [0.1, 0.15) is 24.2 Å². The molecule has 2 aliphatic rings. The molecule has 1 unspecified atom stereocenters. The van der Waals surface area contributed by atoms with E-state index in [4.69, 9.17) is 9.47 Å². The van der Waals surface area contributed by atoms with E-state index in [9.17, 15) is 0 Å². The molecule has 0 radical (unpaired) electrons. The van der Waals surface area contributed by atoms with Crippen LogP contribution in [0.15, 0.2) is 54.9 Å². The van der Waals surface area contributed by atoms with Gasteiger partial charge in [0.2, 0.25) is 6.79 Å². The van der Waals surface area contributed by atoms with Crippen LogP contribution in [0.3, 0.4) is 0 Å². The van der Waals surface area contributed by atoms with E-state index in [0.29, 0.717) is 12.8 Å². The molecule has 0 spiro atoms. The van der Waals surface area contributed by atoms with Gasteiger partial charge in [-0.25, -0.2) is 4.98 Å². The molecule has 6 nitrogen and oxygen atoms in total. The second-order valence-electron chi connectivity index (χ2n) is 7.84. The van der Waals surface area contributed by atoms with E-state index in [1.54, 1.807) is 0 Å². The van der Waals surface area contributed by atoms with Crippen LogP contribution in [0.25, 0.3) is 5.69 Å². The Morgan fingerprint density at radius 2 is 2.07 bits per heavy atom. The van der Waals surface area contributed by atoms with E-state index in [-0.39, 0.29) is 0 Å². The predicted molar refractivity (Wildman–Crippen MR) is 113 cm³/mol. The first-order valence-electron chi connectivity index (χ1n) is 10.2. The molecular formula is C23H26N4O2. The minimum atomic E-state index is 0.309. The Kier molecular flexibility index (Phi) is 4.86. The molecule has 2 aromatic carbocycles. The van der Waals surface area contributed by atoms with Gasteiger partial charge in [-0.1, -0.05) is 12.1 Å². The molecule has 1 N–H and O–H groups in total. The maximum atomic E-state index is 5.50. The zero-order valence-electron chi connectivity index (χ0n) is 16.7. The summed E-state index contributed by atoms with van der Waals surface area (Å²) < 4.78 is 13.1. The number of anilines is 1. The molecule has 1 fully saturated rings. The molecule has 6 heteroatoms. The van der Waals surface area contributed by atoms with Crippen molar-refractivity contribution in [2.75, 3.05) is 25.2 Å². The minimum Gasteiger partial charge on any atom is -0.454 e. The maximum Gasteiger partial charge on any atom is 0.231 e. The highest BCUT2D eigenvalue weighted by Gasteiger charge is 2.22. The van der Waals surface area contributed by atoms with Crippen molar-refractivity contribution in [3.8, 4) is 17.2 Å². The quantitative estimate of drug-likeness (QED) is 0.714. The molecule has 3 aromatic rings. The van der Waals surface area contributed by atoms with Crippen LogP contribution < -0.4 is 14.8 Å². The average molecular weight is 390 g/mol. The number of rotatable bonds is 5. The third-order valence-electron chi connectivity index (χ3n) is 5.61. The minimum absolute atomic E-state index is 0.309. The summed E-state index contributed by atoms with van der Waals surface area (Å²) in [7, 11) is 0. The molecular weight excluding hydrogens is 364 g/mol. The normalized spacial score (nSPS) is 18.7. The molecule has 3 heterocycles. The summed E-state index contributed by atoms with van der Waals surface area (Å²) in [5.41, 5.74) is 3.51. The monoisotopic (exact) mass is 390 g/mol. The highest BCUT2D eigenvalue weighted by molar-refractivity contribution is 5.56. The highest BCUT2D eigenvalue weighted by atomic mass is 16.7. The van der Waals surface area contributed by atoms with Crippen molar-refractivity contribution in [1.82, 2.24) is 14.5 Å². The average Bonchev–Trinajstić information content (AvgIpc) is 3.37. The Labute approximate surface area is 171 Å². The zero-order chi connectivity index (χ0) is 19.6. The number of ether oxygens (including phenoxy) is 2. The number of hydrogen-bond donors (Lipinski definition) is 1. The van der Waals surface area contributed by atoms with Gasteiger partial charge in [0.15, 0.2) is 11.5 Å². The smallest absolute Gasteiger partial charge is 0.231 e. The van der Waals surface area contributed by atoms with Crippen molar-refractivity contribution in [2.24, 2.45) is 0 Å². The molecule has 0 saturated carbocycles. The first-order valence-corrected chi connectivity index (χ1v) is 10.2. The number of likely N-dealkylation sites (tertiary alicyclic amines) is 1. The number of piperidine rings is 1. The zero-order valence-corrected chi connectivity index (χ0v) is 16.7. The lowest BCUT2D eigenvalue weighted by Gasteiger charge is -2.33. The van der Waals surface area contributed by atoms with Crippen LogP contribution in [0.4, 0.5) is 5.69 Å². The van der Waals surface area contributed by atoms with Gasteiger partial charge in [0.25, 0.3) is 0 Å². The Balaban J connectivity index is 1.26. The van der Waals surface area contributed by atoms with Crippen molar-refractivity contribution in [2.45, 2.75) is 32.4 Å². The van der Waals surface area contributed by atoms with Crippen LogP contribution in [0.5, 0.6) is 11.5 Å². The molecule has 1 saturated heterocycles. The number of fused-ring (bicyclic) bond motifs is 1. The van der Waals surface area contributed by atoms with Gasteiger partial charge in [-0.3, -0.25) is 4.90 Å². The number of hydrogen-bond acceptors (Lipinski definition) is 5. The Morgan fingerprint density at radius 3 is 3.00 bits per heavy atom. The van der Waals surface area contributed by atoms with Crippen molar-refractivity contribution in [3.05, 3.63) is 66.2 Å². The summed E-state index contributed by atoms with van der Waals surface area (Å²) >= 11 is 0. The fourth-order valence-electron chi connectivity index (χ4n) is 4.20. The lowest BCUT2D eigenvalue weighted by molar-refractivity contribution is 0.174. The van der Waals surface area contributed by atoms with Gasteiger partial charge in [0.1, 0.15) is 5.82 Å². The molecule has 1 atom stereocenters. The van der Waals surface area contributed by atoms with E-state index < -0.39 is 0 Å². The standard InChI is InChI=1S/C23H26N4O2/c1-17-4-2-6-20(12-17)27-11-9-24-23(27)15-26-10-3-5-19(14-26)25-18-7-8-21-22(13-18)29-16-28-21/h2,4,6-9,11-13,19,25H,3,5,10,14-16H2,1H3. The number of benzene rings is 2. The topological polar surface area (TPSA) is 51.6 Å². The van der Waals surface area contributed by atoms with Crippen molar-refractivity contribution in [1.29, 1.82) is 0 Å². The van der Waals surface area contributed by atoms with E-state index in [0.717, 1.165) is 49.1 Å². The van der Waals surface area contributed by atoms with Crippen LogP contribution in [0.2, 0.25) is 0 Å². The molecule has 150 valence electrons. The third kappa shape index (κ3) is 3.93. The second kappa shape index (κ2) is 7.79. The SMILES string of the molecule is Cc1cccc(-n2ccnc2CN2CCCC(Nc3ccc4c(c3)OCO4)C2)c1. The van der Waals surface area contributed by atoms with E-state index in [1.807, 2.05) is 18.3 Å². The molecule has 0 amide bonds. The summed E-state index contributed by atoms with van der Waals surface area (Å²) in [5.74, 6) is 2.73. The summed E-state index contributed by atoms with van der Waals surface area (Å²) in [4.78, 5) is 7.12. The van der Waals surface area contributed by atoms with E-state index in [2.05, 4.69) is 63.2 Å². The summed E-state index contributed by atoms with van der Waals surface area (Å²) in [6, 6.07) is 15.0. The van der Waals surface area contributed by atoms with Crippen LogP contribution in [-0.4, -0.2) is 40.4 Å². The lowest BCUT2D eigenvalue weighted by atomic mass is 10.1. The molecule has 0 bridgehead atoms. The Hall–Kier alpha value is -2.99. The largest absolute Gasteiger partial charge is 0.454 e.